The van der Waals surface area contributed by atoms with Gasteiger partial charge in [-0.25, -0.2) is 4.39 Å². The predicted octanol–water partition coefficient (Wildman–Crippen LogP) is 3.99. The lowest BCUT2D eigenvalue weighted by atomic mass is 10.1. The second-order valence-corrected chi connectivity index (χ2v) is 4.11. The first-order valence-electron chi connectivity index (χ1n) is 5.39. The van der Waals surface area contributed by atoms with Gasteiger partial charge in [0.15, 0.2) is 0 Å². The van der Waals surface area contributed by atoms with Crippen molar-refractivity contribution in [2.24, 2.45) is 0 Å². The molecule has 94 valence electrons. The molecule has 0 saturated carbocycles. The Labute approximate surface area is 104 Å². The molecular weight excluding hydrogens is 247 g/mol. The van der Waals surface area contributed by atoms with Crippen LogP contribution in [0.1, 0.15) is 26.7 Å². The molecule has 1 aromatic rings. The Hall–Kier alpha value is -1.36. The SMILES string of the molecule is CCC(CC)Nc1cc(F)c(Cl)cc1[N+](=O)[O-]. The number of nitrogens with zero attached hydrogens (tertiary/aromatic N) is 1. The monoisotopic (exact) mass is 260 g/mol. The number of benzene rings is 1. The van der Waals surface area contributed by atoms with Crippen LogP contribution in [0.3, 0.4) is 0 Å². The van der Waals surface area contributed by atoms with Gasteiger partial charge in [-0.1, -0.05) is 25.4 Å². The molecular formula is C11H14ClFN2O2. The second-order valence-electron chi connectivity index (χ2n) is 3.70. The predicted molar refractivity (Wildman–Crippen MR) is 66.1 cm³/mol. The molecule has 0 atom stereocenters. The van der Waals surface area contributed by atoms with Crippen LogP contribution in [0.2, 0.25) is 5.02 Å². The largest absolute Gasteiger partial charge is 0.377 e. The van der Waals surface area contributed by atoms with Crippen LogP contribution in [-0.2, 0) is 0 Å². The number of rotatable bonds is 5. The van der Waals surface area contributed by atoms with Crippen LogP contribution in [0.15, 0.2) is 12.1 Å². The number of hydrogen-bond acceptors (Lipinski definition) is 3. The van der Waals surface area contributed by atoms with Crippen LogP contribution >= 0.6 is 11.6 Å². The molecule has 0 aliphatic carbocycles. The fourth-order valence-electron chi connectivity index (χ4n) is 1.52. The van der Waals surface area contributed by atoms with Crippen molar-refractivity contribution in [1.82, 2.24) is 0 Å². The summed E-state index contributed by atoms with van der Waals surface area (Å²) in [4.78, 5) is 10.3. The Balaban J connectivity index is 3.12. The molecule has 1 rings (SSSR count). The third kappa shape index (κ3) is 3.30. The summed E-state index contributed by atoms with van der Waals surface area (Å²) in [5.41, 5.74) is -0.0334. The zero-order chi connectivity index (χ0) is 13.0. The van der Waals surface area contributed by atoms with Crippen molar-refractivity contribution in [3.05, 3.63) is 33.1 Å². The number of nitrogens with one attached hydrogen (secondary N) is 1. The zero-order valence-electron chi connectivity index (χ0n) is 9.67. The first-order chi connectivity index (χ1) is 7.99. The van der Waals surface area contributed by atoms with Gasteiger partial charge in [0.05, 0.1) is 9.95 Å². The van der Waals surface area contributed by atoms with Crippen molar-refractivity contribution in [2.45, 2.75) is 32.7 Å². The zero-order valence-corrected chi connectivity index (χ0v) is 10.4. The summed E-state index contributed by atoms with van der Waals surface area (Å²) in [6, 6.07) is 2.18. The van der Waals surface area contributed by atoms with E-state index in [1.54, 1.807) is 0 Å². The van der Waals surface area contributed by atoms with Crippen LogP contribution in [0.25, 0.3) is 0 Å². The fraction of sp³-hybridized carbons (Fsp3) is 0.455. The lowest BCUT2D eigenvalue weighted by Gasteiger charge is -2.16. The topological polar surface area (TPSA) is 55.2 Å². The molecule has 0 bridgehead atoms. The van der Waals surface area contributed by atoms with Crippen molar-refractivity contribution in [1.29, 1.82) is 0 Å². The Morgan fingerprint density at radius 3 is 2.53 bits per heavy atom. The molecule has 0 amide bonds. The summed E-state index contributed by atoms with van der Waals surface area (Å²) in [7, 11) is 0. The van der Waals surface area contributed by atoms with Crippen molar-refractivity contribution in [3.63, 3.8) is 0 Å². The van der Waals surface area contributed by atoms with Crippen LogP contribution < -0.4 is 5.32 Å². The second kappa shape index (κ2) is 5.82. The highest BCUT2D eigenvalue weighted by molar-refractivity contribution is 6.31. The third-order valence-electron chi connectivity index (χ3n) is 2.58. The highest BCUT2D eigenvalue weighted by Gasteiger charge is 2.19. The van der Waals surface area contributed by atoms with E-state index in [0.717, 1.165) is 25.0 Å². The van der Waals surface area contributed by atoms with E-state index in [2.05, 4.69) is 5.32 Å². The van der Waals surface area contributed by atoms with E-state index >= 15 is 0 Å². The minimum atomic E-state index is -0.661. The van der Waals surface area contributed by atoms with Crippen LogP contribution in [0.4, 0.5) is 15.8 Å². The quantitative estimate of drug-likeness (QED) is 0.643. The van der Waals surface area contributed by atoms with E-state index in [4.69, 9.17) is 11.6 Å². The van der Waals surface area contributed by atoms with Crippen molar-refractivity contribution in [3.8, 4) is 0 Å². The Kier molecular flexibility index (Phi) is 4.69. The Bertz CT molecular complexity index is 422. The van der Waals surface area contributed by atoms with Gasteiger partial charge < -0.3 is 5.32 Å². The molecule has 6 heteroatoms. The van der Waals surface area contributed by atoms with Crippen molar-refractivity contribution in [2.75, 3.05) is 5.32 Å². The Morgan fingerprint density at radius 2 is 2.06 bits per heavy atom. The summed E-state index contributed by atoms with van der Waals surface area (Å²) in [6.45, 7) is 3.92. The van der Waals surface area contributed by atoms with E-state index in [0.29, 0.717) is 0 Å². The van der Waals surface area contributed by atoms with Gasteiger partial charge in [-0.3, -0.25) is 10.1 Å². The molecule has 1 aromatic carbocycles. The molecule has 17 heavy (non-hydrogen) atoms. The van der Waals surface area contributed by atoms with Gasteiger partial charge in [-0.15, -0.1) is 0 Å². The number of nitro benzene ring substituents is 1. The van der Waals surface area contributed by atoms with Gasteiger partial charge in [-0.2, -0.15) is 0 Å². The molecule has 0 aliphatic heterocycles. The van der Waals surface area contributed by atoms with Gasteiger partial charge in [-0.05, 0) is 12.8 Å². The molecule has 0 aliphatic rings. The minimum absolute atomic E-state index is 0.0780. The highest BCUT2D eigenvalue weighted by atomic mass is 35.5. The molecule has 0 heterocycles. The van der Waals surface area contributed by atoms with Gasteiger partial charge in [0.2, 0.25) is 0 Å². The Morgan fingerprint density at radius 1 is 1.47 bits per heavy atom. The number of anilines is 1. The standard InChI is InChI=1S/C11H14ClFN2O2/c1-3-7(4-2)14-10-6-9(13)8(12)5-11(10)15(16)17/h5-7,14H,3-4H2,1-2H3. The van der Waals surface area contributed by atoms with Gasteiger partial charge >= 0.3 is 0 Å². The first kappa shape index (κ1) is 13.7. The van der Waals surface area contributed by atoms with Crippen molar-refractivity contribution >= 4 is 23.0 Å². The van der Waals surface area contributed by atoms with E-state index in [1.807, 2.05) is 13.8 Å². The van der Waals surface area contributed by atoms with E-state index in [1.165, 1.54) is 0 Å². The van der Waals surface area contributed by atoms with Gasteiger partial charge in [0.25, 0.3) is 5.69 Å². The average Bonchev–Trinajstić information content (AvgIpc) is 2.29. The number of hydrogen-bond donors (Lipinski definition) is 1. The van der Waals surface area contributed by atoms with Crippen LogP contribution in [0, 0.1) is 15.9 Å². The summed E-state index contributed by atoms with van der Waals surface area (Å²) >= 11 is 5.53. The van der Waals surface area contributed by atoms with Crippen molar-refractivity contribution < 1.29 is 9.31 Å². The molecule has 0 radical (unpaired) electrons. The molecule has 0 spiro atoms. The third-order valence-corrected chi connectivity index (χ3v) is 2.87. The minimum Gasteiger partial charge on any atom is -0.377 e. The summed E-state index contributed by atoms with van der Waals surface area (Å²) in [5.74, 6) is -0.661. The molecule has 0 fully saturated rings. The maximum Gasteiger partial charge on any atom is 0.294 e. The lowest BCUT2D eigenvalue weighted by molar-refractivity contribution is -0.384. The van der Waals surface area contributed by atoms with Gasteiger partial charge in [0, 0.05) is 18.2 Å². The summed E-state index contributed by atoms with van der Waals surface area (Å²) in [6.07, 6.45) is 1.61. The van der Waals surface area contributed by atoms with Crippen LogP contribution in [-0.4, -0.2) is 11.0 Å². The highest BCUT2D eigenvalue weighted by Crippen LogP contribution is 2.31. The number of halogens is 2. The smallest absolute Gasteiger partial charge is 0.294 e. The van der Waals surface area contributed by atoms with E-state index in [-0.39, 0.29) is 22.4 Å². The molecule has 0 aromatic heterocycles. The molecule has 1 N–H and O–H groups in total. The van der Waals surface area contributed by atoms with Gasteiger partial charge in [0.1, 0.15) is 11.5 Å². The maximum absolute atomic E-state index is 13.3. The fourth-order valence-corrected chi connectivity index (χ4v) is 1.67. The molecule has 0 saturated heterocycles. The normalized spacial score (nSPS) is 10.6. The molecule has 4 nitrogen and oxygen atoms in total. The first-order valence-corrected chi connectivity index (χ1v) is 5.77. The number of nitro groups is 1. The van der Waals surface area contributed by atoms with E-state index in [9.17, 15) is 14.5 Å². The van der Waals surface area contributed by atoms with Crippen LogP contribution in [0.5, 0.6) is 0 Å². The van der Waals surface area contributed by atoms with E-state index < -0.39 is 10.7 Å². The molecule has 0 unspecified atom stereocenters. The maximum atomic E-state index is 13.3. The average molecular weight is 261 g/mol. The summed E-state index contributed by atoms with van der Waals surface area (Å²) in [5, 5.41) is 13.5. The lowest BCUT2D eigenvalue weighted by Crippen LogP contribution is -2.18. The summed E-state index contributed by atoms with van der Waals surface area (Å²) < 4.78 is 13.3.